The van der Waals surface area contributed by atoms with Gasteiger partial charge in [-0.2, -0.15) is 5.10 Å². The van der Waals surface area contributed by atoms with Gasteiger partial charge in [-0.25, -0.2) is 0 Å². The quantitative estimate of drug-likeness (QED) is 0.373. The summed E-state index contributed by atoms with van der Waals surface area (Å²) in [6.45, 7) is 3.12. The summed E-state index contributed by atoms with van der Waals surface area (Å²) >= 11 is 0. The highest BCUT2D eigenvalue weighted by Crippen LogP contribution is 2.17. The number of nitrogens with zero attached hydrogens (tertiary/aromatic N) is 8. The second-order valence-electron chi connectivity index (χ2n) is 6.88. The summed E-state index contributed by atoms with van der Waals surface area (Å²) in [6.07, 6.45) is 6.91. The van der Waals surface area contributed by atoms with Gasteiger partial charge in [-0.3, -0.25) is 14.5 Å². The molecule has 28 heavy (non-hydrogen) atoms. The number of aryl methyl sites for hydroxylation is 2. The lowest BCUT2D eigenvalue weighted by Gasteiger charge is -2.35. The van der Waals surface area contributed by atoms with E-state index in [1.54, 1.807) is 22.8 Å². The lowest BCUT2D eigenvalue weighted by molar-refractivity contribution is -0.120. The number of amides is 1. The van der Waals surface area contributed by atoms with E-state index in [4.69, 9.17) is 0 Å². The molecule has 4 rings (SSSR count). The number of guanidine groups is 1. The van der Waals surface area contributed by atoms with Gasteiger partial charge < -0.3 is 19.7 Å². The molecule has 0 radical (unpaired) electrons. The first kappa shape index (κ1) is 20.6. The number of anilines is 1. The minimum atomic E-state index is 0. The van der Waals surface area contributed by atoms with Crippen LogP contribution in [0.25, 0.3) is 0 Å². The fraction of sp³-hybridized carbons (Fsp3) is 0.588. The van der Waals surface area contributed by atoms with Gasteiger partial charge in [0.25, 0.3) is 0 Å². The van der Waals surface area contributed by atoms with E-state index < -0.39 is 0 Å². The number of carbonyl (C=O) groups excluding carboxylic acids is 1. The summed E-state index contributed by atoms with van der Waals surface area (Å²) < 4.78 is 3.89. The zero-order valence-corrected chi connectivity index (χ0v) is 18.5. The number of piperazine rings is 1. The van der Waals surface area contributed by atoms with Crippen LogP contribution in [0.5, 0.6) is 0 Å². The third kappa shape index (κ3) is 4.13. The third-order valence-corrected chi connectivity index (χ3v) is 5.08. The molecule has 0 aliphatic carbocycles. The number of carbonyl (C=O) groups is 1. The molecular weight excluding hydrogens is 473 g/mol. The average molecular weight is 499 g/mol. The molecule has 2 aromatic heterocycles. The van der Waals surface area contributed by atoms with Gasteiger partial charge in [-0.05, 0) is 12.8 Å². The van der Waals surface area contributed by atoms with Crippen molar-refractivity contribution in [3.63, 3.8) is 0 Å². The van der Waals surface area contributed by atoms with E-state index in [2.05, 4.69) is 30.2 Å². The Morgan fingerprint density at radius 3 is 2.82 bits per heavy atom. The molecule has 0 saturated carbocycles. The van der Waals surface area contributed by atoms with Crippen LogP contribution in [0.2, 0.25) is 0 Å². The topological polar surface area (TPSA) is 96.5 Å². The van der Waals surface area contributed by atoms with Gasteiger partial charge in [0.15, 0.2) is 11.8 Å². The van der Waals surface area contributed by atoms with Gasteiger partial charge in [0.05, 0.1) is 18.4 Å². The molecule has 0 unspecified atom stereocenters. The highest BCUT2D eigenvalue weighted by atomic mass is 127. The van der Waals surface area contributed by atoms with E-state index in [0.29, 0.717) is 25.6 Å². The smallest absolute Gasteiger partial charge is 0.246 e. The molecule has 2 aliphatic rings. The zero-order chi connectivity index (χ0) is 18.8. The minimum absolute atomic E-state index is 0. The molecule has 0 spiro atoms. The summed E-state index contributed by atoms with van der Waals surface area (Å²) in [5.74, 6) is 2.74. The molecule has 0 atom stereocenters. The summed E-state index contributed by atoms with van der Waals surface area (Å²) in [5.41, 5.74) is 0.834. The number of hydrogen-bond acceptors (Lipinski definition) is 5. The van der Waals surface area contributed by atoms with E-state index in [1.807, 2.05) is 18.1 Å². The van der Waals surface area contributed by atoms with E-state index in [9.17, 15) is 4.79 Å². The molecule has 0 bridgehead atoms. The molecule has 2 aromatic rings. The summed E-state index contributed by atoms with van der Waals surface area (Å²) in [7, 11) is 3.58. The lowest BCUT2D eigenvalue weighted by atomic mass is 10.2. The van der Waals surface area contributed by atoms with E-state index >= 15 is 0 Å². The van der Waals surface area contributed by atoms with E-state index in [0.717, 1.165) is 36.7 Å². The second kappa shape index (κ2) is 8.88. The monoisotopic (exact) mass is 499 g/mol. The first-order valence-electron chi connectivity index (χ1n) is 9.31. The summed E-state index contributed by atoms with van der Waals surface area (Å²) in [6, 6.07) is 0. The number of halogens is 1. The van der Waals surface area contributed by atoms with Gasteiger partial charge in [-0.1, -0.05) is 0 Å². The molecule has 1 fully saturated rings. The maximum atomic E-state index is 12.6. The van der Waals surface area contributed by atoms with Crippen molar-refractivity contribution in [1.82, 2.24) is 34.8 Å². The van der Waals surface area contributed by atoms with Crippen LogP contribution in [0, 0.1) is 0 Å². The normalized spacial score (nSPS) is 17.4. The Hall–Kier alpha value is -2.18. The Kier molecular flexibility index (Phi) is 6.52. The lowest BCUT2D eigenvalue weighted by Crippen LogP contribution is -2.55. The Labute approximate surface area is 181 Å². The molecule has 11 heteroatoms. The maximum absolute atomic E-state index is 12.6. The Morgan fingerprint density at radius 1 is 1.25 bits per heavy atom. The number of rotatable bonds is 3. The zero-order valence-electron chi connectivity index (χ0n) is 16.2. The highest BCUT2D eigenvalue weighted by molar-refractivity contribution is 14.0. The van der Waals surface area contributed by atoms with Crippen molar-refractivity contribution in [3.05, 3.63) is 24.0 Å². The molecule has 152 valence electrons. The first-order valence-corrected chi connectivity index (χ1v) is 9.31. The largest absolute Gasteiger partial charge is 0.349 e. The number of aromatic nitrogens is 5. The number of aliphatic imine (C=N–C) groups is 1. The molecule has 1 amide bonds. The van der Waals surface area contributed by atoms with Crippen LogP contribution in [-0.2, 0) is 31.4 Å². The molecule has 1 saturated heterocycles. The van der Waals surface area contributed by atoms with Gasteiger partial charge in [-0.15, -0.1) is 34.2 Å². The summed E-state index contributed by atoms with van der Waals surface area (Å²) in [5, 5.41) is 16.1. The van der Waals surface area contributed by atoms with Crippen LogP contribution < -0.4 is 10.2 Å². The molecule has 1 N–H and O–H groups in total. The third-order valence-electron chi connectivity index (χ3n) is 5.08. The van der Waals surface area contributed by atoms with Gasteiger partial charge in [0.1, 0.15) is 12.4 Å². The number of fused-ring (bicyclic) bond motifs is 1. The van der Waals surface area contributed by atoms with Crippen molar-refractivity contribution < 1.29 is 4.79 Å². The fourth-order valence-electron chi connectivity index (χ4n) is 3.66. The van der Waals surface area contributed by atoms with Crippen molar-refractivity contribution in [2.45, 2.75) is 32.4 Å². The van der Waals surface area contributed by atoms with Crippen molar-refractivity contribution in [2.75, 3.05) is 31.6 Å². The van der Waals surface area contributed by atoms with Crippen LogP contribution in [-0.4, -0.2) is 68.0 Å². The van der Waals surface area contributed by atoms with Crippen LogP contribution in [0.1, 0.15) is 24.5 Å². The predicted octanol–water partition coefficient (Wildman–Crippen LogP) is 0.390. The van der Waals surface area contributed by atoms with Crippen LogP contribution in [0.3, 0.4) is 0 Å². The number of hydrogen-bond donors (Lipinski definition) is 1. The van der Waals surface area contributed by atoms with Crippen LogP contribution in [0.4, 0.5) is 5.69 Å². The first-order chi connectivity index (χ1) is 13.2. The molecule has 10 nitrogen and oxygen atoms in total. The average Bonchev–Trinajstić information content (AvgIpc) is 3.29. The number of nitrogens with one attached hydrogen (secondary N) is 1. The van der Waals surface area contributed by atoms with Gasteiger partial charge in [0.2, 0.25) is 5.91 Å². The Balaban J connectivity index is 0.00000225. The molecule has 2 aliphatic heterocycles. The van der Waals surface area contributed by atoms with Crippen LogP contribution >= 0.6 is 24.0 Å². The van der Waals surface area contributed by atoms with Crippen molar-refractivity contribution in [1.29, 1.82) is 0 Å². The molecular formula is C17H26IN9O. The molecule has 0 aromatic carbocycles. The maximum Gasteiger partial charge on any atom is 0.246 e. The molecule has 4 heterocycles. The van der Waals surface area contributed by atoms with Gasteiger partial charge >= 0.3 is 0 Å². The van der Waals surface area contributed by atoms with E-state index in [-0.39, 0.29) is 36.4 Å². The van der Waals surface area contributed by atoms with Crippen molar-refractivity contribution in [3.8, 4) is 0 Å². The Bertz CT molecular complexity index is 859. The van der Waals surface area contributed by atoms with Gasteiger partial charge in [0, 0.05) is 46.3 Å². The highest BCUT2D eigenvalue weighted by Gasteiger charge is 2.28. The van der Waals surface area contributed by atoms with Crippen LogP contribution in [0.15, 0.2) is 17.4 Å². The van der Waals surface area contributed by atoms with Crippen molar-refractivity contribution >= 4 is 41.5 Å². The standard InChI is InChI=1S/C17H25N9O.HI/c1-18-17(19-10-15-22-21-14-5-3-4-6-26(14)15)24-7-8-25(16(27)12-24)13-9-20-23(2)11-13;/h9,11H,3-8,10,12H2,1-2H3,(H,18,19);1H. The van der Waals surface area contributed by atoms with Crippen molar-refractivity contribution in [2.24, 2.45) is 12.0 Å². The predicted molar refractivity (Wildman–Crippen MR) is 116 cm³/mol. The SMILES string of the molecule is CN=C(NCc1nnc2n1CCCC2)N1CCN(c2cnn(C)c2)C(=O)C1.I. The fourth-order valence-corrected chi connectivity index (χ4v) is 3.66. The minimum Gasteiger partial charge on any atom is -0.349 e. The Morgan fingerprint density at radius 2 is 2.11 bits per heavy atom. The second-order valence-corrected chi connectivity index (χ2v) is 6.88. The van der Waals surface area contributed by atoms with E-state index in [1.165, 1.54) is 6.42 Å². The summed E-state index contributed by atoms with van der Waals surface area (Å²) in [4.78, 5) is 20.7.